The molecule has 1 aromatic carbocycles. The van der Waals surface area contributed by atoms with Gasteiger partial charge in [-0.1, -0.05) is 25.1 Å². The summed E-state index contributed by atoms with van der Waals surface area (Å²) in [6, 6.07) is 9.87. The monoisotopic (exact) mass is 255 g/mol. The van der Waals surface area contributed by atoms with Crippen LogP contribution in [-0.4, -0.2) is 10.9 Å². The highest BCUT2D eigenvalue weighted by atomic mass is 16.1. The van der Waals surface area contributed by atoms with Crippen LogP contribution in [0.4, 0.5) is 5.69 Å². The van der Waals surface area contributed by atoms with Crippen LogP contribution in [0.2, 0.25) is 0 Å². The number of carbonyl (C=O) groups excluding carboxylic acids is 1. The molecule has 4 heteroatoms. The Kier molecular flexibility index (Phi) is 4.13. The molecule has 0 radical (unpaired) electrons. The molecule has 0 aliphatic heterocycles. The molecule has 0 bridgehead atoms. The number of amides is 1. The number of pyridine rings is 1. The summed E-state index contributed by atoms with van der Waals surface area (Å²) in [6.45, 7) is 2.38. The average Bonchev–Trinajstić information content (AvgIpc) is 2.45. The van der Waals surface area contributed by atoms with Gasteiger partial charge in [0.05, 0.1) is 5.69 Å². The highest BCUT2D eigenvalue weighted by Gasteiger charge is 2.02. The van der Waals surface area contributed by atoms with Crippen LogP contribution >= 0.6 is 0 Å². The Morgan fingerprint density at radius 1 is 1.26 bits per heavy atom. The van der Waals surface area contributed by atoms with Crippen LogP contribution in [0.1, 0.15) is 18.9 Å². The number of nitrogens with zero attached hydrogens (tertiary/aromatic N) is 1. The van der Waals surface area contributed by atoms with Crippen molar-refractivity contribution >= 4 is 11.6 Å². The molecule has 2 aromatic rings. The second kappa shape index (κ2) is 6.00. The smallest absolute Gasteiger partial charge is 0.219 e. The third kappa shape index (κ3) is 3.55. The van der Waals surface area contributed by atoms with Gasteiger partial charge in [-0.2, -0.15) is 0 Å². The minimum atomic E-state index is 0.0519. The van der Waals surface area contributed by atoms with Crippen molar-refractivity contribution in [3.05, 3.63) is 48.3 Å². The molecule has 2 rings (SSSR count). The number of anilines is 1. The molecule has 4 nitrogen and oxygen atoms in total. The molecule has 0 aliphatic rings. The lowest BCUT2D eigenvalue weighted by Crippen LogP contribution is -2.21. The van der Waals surface area contributed by atoms with Crippen molar-refractivity contribution in [2.75, 3.05) is 5.73 Å². The Labute approximate surface area is 112 Å². The zero-order valence-corrected chi connectivity index (χ0v) is 10.9. The van der Waals surface area contributed by atoms with E-state index >= 15 is 0 Å². The van der Waals surface area contributed by atoms with Crippen molar-refractivity contribution in [3.8, 4) is 11.1 Å². The first-order valence-corrected chi connectivity index (χ1v) is 6.25. The number of benzene rings is 1. The molecule has 3 N–H and O–H groups in total. The van der Waals surface area contributed by atoms with E-state index in [1.54, 1.807) is 12.4 Å². The molecular formula is C15H17N3O. The molecule has 0 aliphatic carbocycles. The Balaban J connectivity index is 2.17. The molecular weight excluding hydrogens is 238 g/mol. The van der Waals surface area contributed by atoms with Crippen LogP contribution in [-0.2, 0) is 11.3 Å². The van der Waals surface area contributed by atoms with E-state index in [0.29, 0.717) is 18.7 Å². The largest absolute Gasteiger partial charge is 0.397 e. The van der Waals surface area contributed by atoms with Gasteiger partial charge in [0.1, 0.15) is 0 Å². The predicted octanol–water partition coefficient (Wildman–Crippen LogP) is 2.36. The zero-order valence-electron chi connectivity index (χ0n) is 10.9. The maximum atomic E-state index is 11.2. The lowest BCUT2D eigenvalue weighted by Gasteiger charge is -2.07. The summed E-state index contributed by atoms with van der Waals surface area (Å²) in [5.74, 6) is 0.0519. The Morgan fingerprint density at radius 2 is 2.11 bits per heavy atom. The van der Waals surface area contributed by atoms with Crippen molar-refractivity contribution < 1.29 is 4.79 Å². The molecule has 1 amide bonds. The molecule has 98 valence electrons. The summed E-state index contributed by atoms with van der Waals surface area (Å²) >= 11 is 0. The van der Waals surface area contributed by atoms with Gasteiger partial charge >= 0.3 is 0 Å². The third-order valence-electron chi connectivity index (χ3n) is 2.83. The number of aromatic nitrogens is 1. The SMILES string of the molecule is CCC(=O)NCc1cccc(-c2cncc(N)c2)c1. The topological polar surface area (TPSA) is 68.0 Å². The molecule has 0 unspecified atom stereocenters. The van der Waals surface area contributed by atoms with Gasteiger partial charge in [-0.15, -0.1) is 0 Å². The highest BCUT2D eigenvalue weighted by molar-refractivity contribution is 5.75. The van der Waals surface area contributed by atoms with E-state index in [1.165, 1.54) is 0 Å². The minimum Gasteiger partial charge on any atom is -0.397 e. The van der Waals surface area contributed by atoms with E-state index in [9.17, 15) is 4.79 Å². The van der Waals surface area contributed by atoms with Gasteiger partial charge < -0.3 is 11.1 Å². The standard InChI is InChI=1S/C15H17N3O/c1-2-15(19)18-8-11-4-3-5-12(6-11)13-7-14(16)10-17-9-13/h3-7,9-10H,2,8,16H2,1H3,(H,18,19). The van der Waals surface area contributed by atoms with Gasteiger partial charge in [-0.05, 0) is 23.3 Å². The molecule has 0 spiro atoms. The summed E-state index contributed by atoms with van der Waals surface area (Å²) in [5.41, 5.74) is 9.45. The van der Waals surface area contributed by atoms with Crippen LogP contribution in [0.15, 0.2) is 42.7 Å². The Hall–Kier alpha value is -2.36. The van der Waals surface area contributed by atoms with Crippen molar-refractivity contribution in [2.45, 2.75) is 19.9 Å². The van der Waals surface area contributed by atoms with E-state index in [0.717, 1.165) is 16.7 Å². The third-order valence-corrected chi connectivity index (χ3v) is 2.83. The number of hydrogen-bond donors (Lipinski definition) is 2. The summed E-state index contributed by atoms with van der Waals surface area (Å²) in [7, 11) is 0. The molecule has 1 heterocycles. The second-order valence-corrected chi connectivity index (χ2v) is 4.34. The average molecular weight is 255 g/mol. The number of nitrogens with two attached hydrogens (primary N) is 1. The lowest BCUT2D eigenvalue weighted by atomic mass is 10.0. The van der Waals surface area contributed by atoms with E-state index in [4.69, 9.17) is 5.73 Å². The zero-order chi connectivity index (χ0) is 13.7. The first-order valence-electron chi connectivity index (χ1n) is 6.25. The number of rotatable bonds is 4. The van der Waals surface area contributed by atoms with Crippen LogP contribution in [0.25, 0.3) is 11.1 Å². The molecule has 1 aromatic heterocycles. The van der Waals surface area contributed by atoms with Crippen LogP contribution in [0, 0.1) is 0 Å². The summed E-state index contributed by atoms with van der Waals surface area (Å²) < 4.78 is 0. The minimum absolute atomic E-state index is 0.0519. The summed E-state index contributed by atoms with van der Waals surface area (Å²) in [4.78, 5) is 15.3. The fourth-order valence-corrected chi connectivity index (χ4v) is 1.80. The van der Waals surface area contributed by atoms with Crippen LogP contribution in [0.3, 0.4) is 0 Å². The molecule has 0 fully saturated rings. The molecule has 0 atom stereocenters. The number of nitrogen functional groups attached to an aromatic ring is 1. The van der Waals surface area contributed by atoms with E-state index in [2.05, 4.69) is 10.3 Å². The molecule has 19 heavy (non-hydrogen) atoms. The maximum absolute atomic E-state index is 11.2. The molecule has 0 saturated heterocycles. The Morgan fingerprint density at radius 3 is 2.84 bits per heavy atom. The van der Waals surface area contributed by atoms with Gasteiger partial charge in [0.15, 0.2) is 0 Å². The number of hydrogen-bond acceptors (Lipinski definition) is 3. The van der Waals surface area contributed by atoms with Gasteiger partial charge in [0.2, 0.25) is 5.91 Å². The van der Waals surface area contributed by atoms with Crippen molar-refractivity contribution in [1.29, 1.82) is 0 Å². The van der Waals surface area contributed by atoms with Crippen molar-refractivity contribution in [3.63, 3.8) is 0 Å². The summed E-state index contributed by atoms with van der Waals surface area (Å²) in [6.07, 6.45) is 3.90. The van der Waals surface area contributed by atoms with Gasteiger partial charge in [0.25, 0.3) is 0 Å². The van der Waals surface area contributed by atoms with Gasteiger partial charge in [-0.25, -0.2) is 0 Å². The van der Waals surface area contributed by atoms with E-state index in [-0.39, 0.29) is 5.91 Å². The highest BCUT2D eigenvalue weighted by Crippen LogP contribution is 2.21. The number of carbonyl (C=O) groups is 1. The fourth-order valence-electron chi connectivity index (χ4n) is 1.80. The van der Waals surface area contributed by atoms with Crippen LogP contribution in [0.5, 0.6) is 0 Å². The van der Waals surface area contributed by atoms with Crippen molar-refractivity contribution in [1.82, 2.24) is 10.3 Å². The van der Waals surface area contributed by atoms with Gasteiger partial charge in [-0.3, -0.25) is 9.78 Å². The number of nitrogens with one attached hydrogen (secondary N) is 1. The first kappa shape index (κ1) is 13.1. The van der Waals surface area contributed by atoms with Gasteiger partial charge in [0, 0.05) is 30.9 Å². The van der Waals surface area contributed by atoms with E-state index in [1.807, 2.05) is 37.3 Å². The first-order chi connectivity index (χ1) is 9.19. The summed E-state index contributed by atoms with van der Waals surface area (Å²) in [5, 5.41) is 2.86. The normalized spacial score (nSPS) is 10.2. The van der Waals surface area contributed by atoms with Crippen LogP contribution < -0.4 is 11.1 Å². The second-order valence-electron chi connectivity index (χ2n) is 4.34. The lowest BCUT2D eigenvalue weighted by molar-refractivity contribution is -0.120. The Bertz CT molecular complexity index is 581. The maximum Gasteiger partial charge on any atom is 0.219 e. The molecule has 0 saturated carbocycles. The predicted molar refractivity (Wildman–Crippen MR) is 76.2 cm³/mol. The van der Waals surface area contributed by atoms with Crippen molar-refractivity contribution in [2.24, 2.45) is 0 Å². The quantitative estimate of drug-likeness (QED) is 0.881. The van der Waals surface area contributed by atoms with E-state index < -0.39 is 0 Å². The fraction of sp³-hybridized carbons (Fsp3) is 0.200.